The Bertz CT molecular complexity index is 211. The summed E-state index contributed by atoms with van der Waals surface area (Å²) in [5.41, 5.74) is 5.69. The number of rotatable bonds is 3. The van der Waals surface area contributed by atoms with Gasteiger partial charge in [0.1, 0.15) is 0 Å². The molecule has 0 aromatic heterocycles. The van der Waals surface area contributed by atoms with E-state index in [0.717, 1.165) is 25.2 Å². The summed E-state index contributed by atoms with van der Waals surface area (Å²) in [6.45, 7) is 4.24. The first-order valence-electron chi connectivity index (χ1n) is 6.19. The molecule has 1 rings (SSSR count). The zero-order valence-corrected chi connectivity index (χ0v) is 11.2. The molecular weight excluding hydrogens is 224 g/mol. The molecule has 1 fully saturated rings. The van der Waals surface area contributed by atoms with E-state index in [1.807, 2.05) is 6.92 Å². The number of hydrogen-bond donors (Lipinski definition) is 2. The van der Waals surface area contributed by atoms with Gasteiger partial charge in [0.05, 0.1) is 6.04 Å². The molecule has 3 atom stereocenters. The largest absolute Gasteiger partial charge is 0.352 e. The van der Waals surface area contributed by atoms with Crippen LogP contribution >= 0.6 is 12.4 Å². The molecule has 0 radical (unpaired) electrons. The molecule has 3 nitrogen and oxygen atoms in total. The molecule has 0 aromatic rings. The molecule has 0 aliphatic heterocycles. The fraction of sp³-hybridized carbons (Fsp3) is 0.917. The van der Waals surface area contributed by atoms with E-state index < -0.39 is 0 Å². The molecule has 0 saturated heterocycles. The van der Waals surface area contributed by atoms with Crippen LogP contribution in [-0.2, 0) is 4.79 Å². The predicted octanol–water partition coefficient (Wildman–Crippen LogP) is 2.23. The number of amides is 1. The molecule has 0 bridgehead atoms. The van der Waals surface area contributed by atoms with Gasteiger partial charge in [0, 0.05) is 6.04 Å². The fourth-order valence-electron chi connectivity index (χ4n) is 2.13. The first-order valence-corrected chi connectivity index (χ1v) is 6.19. The molecule has 4 heteroatoms. The lowest BCUT2D eigenvalue weighted by atomic mass is 10.0. The molecule has 1 aliphatic rings. The molecule has 1 saturated carbocycles. The average molecular weight is 249 g/mol. The molecular formula is C12H25ClN2O. The van der Waals surface area contributed by atoms with E-state index in [0.29, 0.717) is 6.04 Å². The smallest absolute Gasteiger partial charge is 0.237 e. The molecule has 16 heavy (non-hydrogen) atoms. The van der Waals surface area contributed by atoms with Crippen LogP contribution in [0.15, 0.2) is 0 Å². The zero-order chi connectivity index (χ0) is 11.3. The maximum Gasteiger partial charge on any atom is 0.237 e. The van der Waals surface area contributed by atoms with Crippen LogP contribution < -0.4 is 11.1 Å². The third-order valence-corrected chi connectivity index (χ3v) is 3.38. The molecule has 0 aromatic carbocycles. The summed E-state index contributed by atoms with van der Waals surface area (Å²) in [6.07, 6.45) is 6.71. The number of nitrogens with two attached hydrogens (primary N) is 1. The van der Waals surface area contributed by atoms with Crippen LogP contribution in [0.3, 0.4) is 0 Å². The van der Waals surface area contributed by atoms with Gasteiger partial charge in [-0.1, -0.05) is 26.7 Å². The van der Waals surface area contributed by atoms with Crippen molar-refractivity contribution in [2.24, 2.45) is 11.7 Å². The highest BCUT2D eigenvalue weighted by molar-refractivity contribution is 5.85. The highest BCUT2D eigenvalue weighted by Crippen LogP contribution is 2.22. The second kappa shape index (κ2) is 7.91. The third kappa shape index (κ3) is 5.17. The second-order valence-electron chi connectivity index (χ2n) is 4.83. The van der Waals surface area contributed by atoms with Gasteiger partial charge in [-0.2, -0.15) is 0 Å². The normalized spacial score (nSPS) is 27.4. The highest BCUT2D eigenvalue weighted by atomic mass is 35.5. The molecule has 0 heterocycles. The van der Waals surface area contributed by atoms with E-state index in [1.54, 1.807) is 0 Å². The van der Waals surface area contributed by atoms with E-state index in [1.165, 1.54) is 19.3 Å². The summed E-state index contributed by atoms with van der Waals surface area (Å²) in [6, 6.07) is 0.0331. The van der Waals surface area contributed by atoms with Gasteiger partial charge in [-0.05, 0) is 31.6 Å². The lowest BCUT2D eigenvalue weighted by Crippen LogP contribution is -2.44. The molecule has 2 unspecified atom stereocenters. The summed E-state index contributed by atoms with van der Waals surface area (Å²) in [5.74, 6) is 0.837. The minimum atomic E-state index is -0.328. The Hall–Kier alpha value is -0.280. The molecule has 1 amide bonds. The van der Waals surface area contributed by atoms with E-state index >= 15 is 0 Å². The minimum absolute atomic E-state index is 0. The summed E-state index contributed by atoms with van der Waals surface area (Å²) in [5, 5.41) is 3.07. The van der Waals surface area contributed by atoms with Crippen molar-refractivity contribution in [3.63, 3.8) is 0 Å². The van der Waals surface area contributed by atoms with Crippen molar-refractivity contribution < 1.29 is 4.79 Å². The van der Waals surface area contributed by atoms with E-state index in [4.69, 9.17) is 5.73 Å². The summed E-state index contributed by atoms with van der Waals surface area (Å²) < 4.78 is 0. The van der Waals surface area contributed by atoms with Crippen LogP contribution in [0.1, 0.15) is 52.4 Å². The van der Waals surface area contributed by atoms with Crippen molar-refractivity contribution in [2.75, 3.05) is 0 Å². The van der Waals surface area contributed by atoms with Crippen LogP contribution in [0.25, 0.3) is 0 Å². The van der Waals surface area contributed by atoms with Crippen molar-refractivity contribution in [2.45, 2.75) is 64.5 Å². The van der Waals surface area contributed by atoms with Crippen molar-refractivity contribution in [1.29, 1.82) is 0 Å². The summed E-state index contributed by atoms with van der Waals surface area (Å²) in [4.78, 5) is 11.6. The van der Waals surface area contributed by atoms with Crippen LogP contribution in [0.4, 0.5) is 0 Å². The van der Waals surface area contributed by atoms with E-state index in [9.17, 15) is 4.79 Å². The zero-order valence-electron chi connectivity index (χ0n) is 10.4. The number of nitrogens with one attached hydrogen (secondary N) is 1. The Morgan fingerprint density at radius 3 is 2.69 bits per heavy atom. The van der Waals surface area contributed by atoms with Gasteiger partial charge in [-0.15, -0.1) is 12.4 Å². The number of halogens is 1. The van der Waals surface area contributed by atoms with Gasteiger partial charge in [-0.3, -0.25) is 4.79 Å². The van der Waals surface area contributed by atoms with Crippen LogP contribution in [-0.4, -0.2) is 18.0 Å². The number of hydrogen-bond acceptors (Lipinski definition) is 2. The monoisotopic (exact) mass is 248 g/mol. The van der Waals surface area contributed by atoms with Crippen molar-refractivity contribution in [3.05, 3.63) is 0 Å². The predicted molar refractivity (Wildman–Crippen MR) is 69.7 cm³/mol. The van der Waals surface area contributed by atoms with Gasteiger partial charge in [0.2, 0.25) is 5.91 Å². The summed E-state index contributed by atoms with van der Waals surface area (Å²) >= 11 is 0. The first-order chi connectivity index (χ1) is 7.13. The highest BCUT2D eigenvalue weighted by Gasteiger charge is 2.19. The van der Waals surface area contributed by atoms with E-state index in [2.05, 4.69) is 12.2 Å². The lowest BCUT2D eigenvalue weighted by Gasteiger charge is -2.18. The Balaban J connectivity index is 0.00000225. The molecule has 96 valence electrons. The fourth-order valence-corrected chi connectivity index (χ4v) is 2.13. The Morgan fingerprint density at radius 2 is 2.06 bits per heavy atom. The van der Waals surface area contributed by atoms with Gasteiger partial charge < -0.3 is 11.1 Å². The first kappa shape index (κ1) is 15.7. The van der Waals surface area contributed by atoms with Gasteiger partial charge in [-0.25, -0.2) is 0 Å². The standard InChI is InChI=1S/C12H24N2O.ClH/c1-3-11(13)12(15)14-10-6-4-5-9(2)7-8-10;/h9-11H,3-8,13H2,1-2H3,(H,14,15);1H/t9?,10?,11-;/m0./s1. The topological polar surface area (TPSA) is 55.1 Å². The Morgan fingerprint density at radius 1 is 1.38 bits per heavy atom. The molecule has 3 N–H and O–H groups in total. The maximum absolute atomic E-state index is 11.6. The van der Waals surface area contributed by atoms with Gasteiger partial charge in [0.15, 0.2) is 0 Å². The van der Waals surface area contributed by atoms with E-state index in [-0.39, 0.29) is 24.4 Å². The van der Waals surface area contributed by atoms with Gasteiger partial charge >= 0.3 is 0 Å². The summed E-state index contributed by atoms with van der Waals surface area (Å²) in [7, 11) is 0. The average Bonchev–Trinajstić information content (AvgIpc) is 2.42. The van der Waals surface area contributed by atoms with Crippen LogP contribution in [0.2, 0.25) is 0 Å². The van der Waals surface area contributed by atoms with Crippen molar-refractivity contribution in [3.8, 4) is 0 Å². The lowest BCUT2D eigenvalue weighted by molar-refractivity contribution is -0.123. The molecule has 0 spiro atoms. The quantitative estimate of drug-likeness (QED) is 0.753. The maximum atomic E-state index is 11.6. The van der Waals surface area contributed by atoms with Crippen molar-refractivity contribution in [1.82, 2.24) is 5.32 Å². The van der Waals surface area contributed by atoms with Gasteiger partial charge in [0.25, 0.3) is 0 Å². The third-order valence-electron chi connectivity index (χ3n) is 3.38. The SMILES string of the molecule is CC[C@H](N)C(=O)NC1CCCC(C)CC1.Cl. The number of carbonyl (C=O) groups is 1. The van der Waals surface area contributed by atoms with Crippen LogP contribution in [0, 0.1) is 5.92 Å². The Kier molecular flexibility index (Phi) is 7.77. The second-order valence-corrected chi connectivity index (χ2v) is 4.83. The van der Waals surface area contributed by atoms with Crippen LogP contribution in [0.5, 0.6) is 0 Å². The van der Waals surface area contributed by atoms with Crippen molar-refractivity contribution >= 4 is 18.3 Å². The number of carbonyl (C=O) groups excluding carboxylic acids is 1. The minimum Gasteiger partial charge on any atom is -0.352 e. The Labute approximate surface area is 105 Å². The molecule has 1 aliphatic carbocycles.